The van der Waals surface area contributed by atoms with Crippen LogP contribution in [-0.4, -0.2) is 21.2 Å². The molecule has 3 nitrogen and oxygen atoms in total. The van der Waals surface area contributed by atoms with E-state index in [-0.39, 0.29) is 0 Å². The largest absolute Gasteiger partial charge is 0.310 e. The van der Waals surface area contributed by atoms with Gasteiger partial charge in [-0.3, -0.25) is 0 Å². The van der Waals surface area contributed by atoms with Gasteiger partial charge < -0.3 is 5.32 Å². The van der Waals surface area contributed by atoms with Crippen molar-refractivity contribution in [2.45, 2.75) is 43.5 Å². The van der Waals surface area contributed by atoms with Crippen LogP contribution in [0.25, 0.3) is 0 Å². The van der Waals surface area contributed by atoms with Gasteiger partial charge in [0.15, 0.2) is 9.84 Å². The molecular formula is C15H23NO2S. The van der Waals surface area contributed by atoms with Crippen LogP contribution in [0.1, 0.15) is 44.2 Å². The average Bonchev–Trinajstić information content (AvgIpc) is 3.17. The highest BCUT2D eigenvalue weighted by molar-refractivity contribution is 7.90. The Morgan fingerprint density at radius 3 is 2.37 bits per heavy atom. The second kappa shape index (κ2) is 6.06. The SMILES string of the molecule is CCCNC(CC1CC1)c1ccc(S(C)(=O)=O)cc1. The summed E-state index contributed by atoms with van der Waals surface area (Å²) in [5, 5.41) is 3.57. The first-order valence-corrected chi connectivity index (χ1v) is 8.93. The van der Waals surface area contributed by atoms with Crippen molar-refractivity contribution in [1.29, 1.82) is 0 Å². The van der Waals surface area contributed by atoms with Gasteiger partial charge in [-0.15, -0.1) is 0 Å². The molecule has 19 heavy (non-hydrogen) atoms. The van der Waals surface area contributed by atoms with E-state index in [0.717, 1.165) is 25.3 Å². The summed E-state index contributed by atoms with van der Waals surface area (Å²) in [6, 6.07) is 7.70. The Bertz CT molecular complexity index is 503. The molecular weight excluding hydrogens is 258 g/mol. The van der Waals surface area contributed by atoms with Gasteiger partial charge in [0.05, 0.1) is 4.90 Å². The molecule has 106 valence electrons. The van der Waals surface area contributed by atoms with E-state index < -0.39 is 9.84 Å². The molecule has 0 spiro atoms. The normalized spacial score (nSPS) is 17.4. The van der Waals surface area contributed by atoms with E-state index >= 15 is 0 Å². The molecule has 0 saturated heterocycles. The first-order valence-electron chi connectivity index (χ1n) is 7.04. The van der Waals surface area contributed by atoms with Gasteiger partial charge in [-0.05, 0) is 43.0 Å². The van der Waals surface area contributed by atoms with Gasteiger partial charge >= 0.3 is 0 Å². The minimum Gasteiger partial charge on any atom is -0.310 e. The Kier molecular flexibility index (Phi) is 4.63. The highest BCUT2D eigenvalue weighted by Gasteiger charge is 2.26. The predicted octanol–water partition coefficient (Wildman–Crippen LogP) is 2.93. The Labute approximate surface area is 116 Å². The molecule has 0 bridgehead atoms. The van der Waals surface area contributed by atoms with E-state index in [4.69, 9.17) is 0 Å². The van der Waals surface area contributed by atoms with E-state index in [1.54, 1.807) is 12.1 Å². The van der Waals surface area contributed by atoms with Crippen LogP contribution in [0.15, 0.2) is 29.2 Å². The average molecular weight is 281 g/mol. The summed E-state index contributed by atoms with van der Waals surface area (Å²) in [4.78, 5) is 0.400. The van der Waals surface area contributed by atoms with Crippen LogP contribution >= 0.6 is 0 Å². The first kappa shape index (κ1) is 14.5. The van der Waals surface area contributed by atoms with Gasteiger partial charge in [0.2, 0.25) is 0 Å². The van der Waals surface area contributed by atoms with Gasteiger partial charge in [0, 0.05) is 12.3 Å². The van der Waals surface area contributed by atoms with Crippen molar-refractivity contribution in [3.8, 4) is 0 Å². The molecule has 1 N–H and O–H groups in total. The minimum absolute atomic E-state index is 0.362. The second-order valence-electron chi connectivity index (χ2n) is 5.53. The molecule has 0 amide bonds. The lowest BCUT2D eigenvalue weighted by atomic mass is 10.0. The lowest BCUT2D eigenvalue weighted by Crippen LogP contribution is -2.22. The standard InChI is InChI=1S/C15H23NO2S/c1-3-10-16-15(11-12-4-5-12)13-6-8-14(9-7-13)19(2,17)18/h6-9,12,15-16H,3-5,10-11H2,1-2H3. The van der Waals surface area contributed by atoms with Crippen molar-refractivity contribution in [3.05, 3.63) is 29.8 Å². The third-order valence-electron chi connectivity index (χ3n) is 3.62. The number of hydrogen-bond acceptors (Lipinski definition) is 3. The number of nitrogens with one attached hydrogen (secondary N) is 1. The molecule has 0 aliphatic heterocycles. The first-order chi connectivity index (χ1) is 9.00. The summed E-state index contributed by atoms with van der Waals surface area (Å²) in [6.07, 6.45) is 6.21. The topological polar surface area (TPSA) is 46.2 Å². The Morgan fingerprint density at radius 2 is 1.89 bits per heavy atom. The monoisotopic (exact) mass is 281 g/mol. The fourth-order valence-corrected chi connectivity index (χ4v) is 2.92. The highest BCUT2D eigenvalue weighted by atomic mass is 32.2. The van der Waals surface area contributed by atoms with Gasteiger partial charge in [0.25, 0.3) is 0 Å². The fourth-order valence-electron chi connectivity index (χ4n) is 2.29. The molecule has 1 aromatic carbocycles. The van der Waals surface area contributed by atoms with Gasteiger partial charge in [-0.2, -0.15) is 0 Å². The predicted molar refractivity (Wildman–Crippen MR) is 77.9 cm³/mol. The number of rotatable bonds is 7. The number of benzene rings is 1. The highest BCUT2D eigenvalue weighted by Crippen LogP contribution is 2.37. The maximum Gasteiger partial charge on any atom is 0.175 e. The van der Waals surface area contributed by atoms with E-state index in [1.807, 2.05) is 12.1 Å². The summed E-state index contributed by atoms with van der Waals surface area (Å²) in [7, 11) is -3.09. The number of sulfone groups is 1. The maximum absolute atomic E-state index is 11.5. The van der Waals surface area contributed by atoms with Gasteiger partial charge in [-0.25, -0.2) is 8.42 Å². The van der Waals surface area contributed by atoms with Crippen LogP contribution in [-0.2, 0) is 9.84 Å². The zero-order valence-electron chi connectivity index (χ0n) is 11.7. The van der Waals surface area contributed by atoms with E-state index in [2.05, 4.69) is 12.2 Å². The zero-order chi connectivity index (χ0) is 13.9. The summed E-state index contributed by atoms with van der Waals surface area (Å²) in [6.45, 7) is 3.17. The van der Waals surface area contributed by atoms with Crippen LogP contribution in [0.2, 0.25) is 0 Å². The van der Waals surface area contributed by atoms with Crippen LogP contribution in [0.5, 0.6) is 0 Å². The van der Waals surface area contributed by atoms with Crippen molar-refractivity contribution >= 4 is 9.84 Å². The summed E-state index contributed by atoms with van der Waals surface area (Å²) in [5.41, 5.74) is 1.20. The van der Waals surface area contributed by atoms with Gasteiger partial charge in [-0.1, -0.05) is 31.9 Å². The van der Waals surface area contributed by atoms with Crippen LogP contribution < -0.4 is 5.32 Å². The van der Waals surface area contributed by atoms with Crippen molar-refractivity contribution < 1.29 is 8.42 Å². The zero-order valence-corrected chi connectivity index (χ0v) is 12.5. The van der Waals surface area contributed by atoms with Gasteiger partial charge in [0.1, 0.15) is 0 Å². The van der Waals surface area contributed by atoms with Crippen LogP contribution in [0, 0.1) is 5.92 Å². The van der Waals surface area contributed by atoms with Crippen molar-refractivity contribution in [2.24, 2.45) is 5.92 Å². The Balaban J connectivity index is 2.11. The molecule has 1 aliphatic rings. The molecule has 0 heterocycles. The lowest BCUT2D eigenvalue weighted by molar-refractivity contribution is 0.474. The third-order valence-corrected chi connectivity index (χ3v) is 4.75. The quantitative estimate of drug-likeness (QED) is 0.836. The maximum atomic E-state index is 11.5. The molecule has 1 unspecified atom stereocenters. The molecule has 1 fully saturated rings. The summed E-state index contributed by atoms with van der Waals surface area (Å²) >= 11 is 0. The molecule has 0 aromatic heterocycles. The van der Waals surface area contributed by atoms with Crippen LogP contribution in [0.3, 0.4) is 0 Å². The Hall–Kier alpha value is -0.870. The summed E-state index contributed by atoms with van der Waals surface area (Å²) in [5.74, 6) is 0.851. The molecule has 1 aliphatic carbocycles. The second-order valence-corrected chi connectivity index (χ2v) is 7.54. The molecule has 1 atom stereocenters. The minimum atomic E-state index is -3.09. The lowest BCUT2D eigenvalue weighted by Gasteiger charge is -2.19. The van der Waals surface area contributed by atoms with Crippen molar-refractivity contribution in [2.75, 3.05) is 12.8 Å². The molecule has 0 radical (unpaired) electrons. The smallest absolute Gasteiger partial charge is 0.175 e. The van der Waals surface area contributed by atoms with Crippen molar-refractivity contribution in [1.82, 2.24) is 5.32 Å². The van der Waals surface area contributed by atoms with E-state index in [9.17, 15) is 8.42 Å². The third kappa shape index (κ3) is 4.32. The Morgan fingerprint density at radius 1 is 1.26 bits per heavy atom. The fraction of sp³-hybridized carbons (Fsp3) is 0.600. The molecule has 4 heteroatoms. The van der Waals surface area contributed by atoms with E-state index in [1.165, 1.54) is 24.7 Å². The molecule has 1 aromatic rings. The molecule has 2 rings (SSSR count). The van der Waals surface area contributed by atoms with Crippen molar-refractivity contribution in [3.63, 3.8) is 0 Å². The van der Waals surface area contributed by atoms with Crippen LogP contribution in [0.4, 0.5) is 0 Å². The summed E-state index contributed by atoms with van der Waals surface area (Å²) < 4.78 is 22.9. The van der Waals surface area contributed by atoms with E-state index in [0.29, 0.717) is 10.9 Å². The number of hydrogen-bond donors (Lipinski definition) is 1. The molecule has 1 saturated carbocycles.